The Morgan fingerprint density at radius 3 is 2.24 bits per heavy atom. The second kappa shape index (κ2) is 4.31. The maximum absolute atomic E-state index is 11.6. The number of hydrogen-bond donors (Lipinski definition) is 1. The molecule has 3 atom stereocenters. The van der Waals surface area contributed by atoms with Crippen LogP contribution in [0, 0.1) is 11.8 Å². The van der Waals surface area contributed by atoms with Crippen LogP contribution in [-0.4, -0.2) is 23.5 Å². The van der Waals surface area contributed by atoms with Crippen molar-refractivity contribution >= 4 is 11.9 Å². The van der Waals surface area contributed by atoms with Crippen molar-refractivity contribution in [1.82, 2.24) is 5.32 Å². The van der Waals surface area contributed by atoms with E-state index in [0.29, 0.717) is 30.5 Å². The van der Waals surface area contributed by atoms with E-state index in [4.69, 9.17) is 4.74 Å². The number of alkyl carbamates (subject to hydrolysis) is 1. The molecule has 1 N–H and O–H groups in total. The van der Waals surface area contributed by atoms with Crippen molar-refractivity contribution in [3.63, 3.8) is 0 Å². The average Bonchev–Trinajstić information content (AvgIpc) is 2.56. The minimum Gasteiger partial charge on any atom is -0.446 e. The summed E-state index contributed by atoms with van der Waals surface area (Å²) in [4.78, 5) is 22.9. The van der Waals surface area contributed by atoms with Crippen LogP contribution in [0.1, 0.15) is 46.5 Å². The summed E-state index contributed by atoms with van der Waals surface area (Å²) in [7, 11) is 0. The molecule has 0 aromatic carbocycles. The lowest BCUT2D eigenvalue weighted by Crippen LogP contribution is -2.42. The quantitative estimate of drug-likeness (QED) is 0.763. The Morgan fingerprint density at radius 1 is 1.24 bits per heavy atom. The summed E-state index contributed by atoms with van der Waals surface area (Å²) in [5.41, 5.74) is -0.262. The first-order valence-electron chi connectivity index (χ1n) is 6.34. The summed E-state index contributed by atoms with van der Waals surface area (Å²) >= 11 is 0. The minimum atomic E-state index is -0.339. The molecule has 4 heteroatoms. The number of nitrogens with one attached hydrogen (secondary N) is 1. The summed E-state index contributed by atoms with van der Waals surface area (Å²) in [6.45, 7) is 5.78. The molecule has 2 aliphatic rings. The number of rotatable bonds is 1. The molecule has 1 amide bonds. The fraction of sp³-hybridized carbons (Fsp3) is 0.846. The van der Waals surface area contributed by atoms with Gasteiger partial charge in [-0.05, 0) is 45.4 Å². The molecule has 0 heterocycles. The van der Waals surface area contributed by atoms with E-state index in [-0.39, 0.29) is 17.7 Å². The highest BCUT2D eigenvalue weighted by Gasteiger charge is 2.42. The van der Waals surface area contributed by atoms with Crippen LogP contribution in [0.4, 0.5) is 4.79 Å². The topological polar surface area (TPSA) is 55.4 Å². The SMILES string of the molecule is CC(C)(C)NC(=O)OC1C[C@H]2CC(=O)C[C@H]2C1. The second-order valence-corrected chi connectivity index (χ2v) is 6.34. The van der Waals surface area contributed by atoms with Crippen LogP contribution >= 0.6 is 0 Å². The number of fused-ring (bicyclic) bond motifs is 1. The van der Waals surface area contributed by atoms with E-state index < -0.39 is 0 Å². The van der Waals surface area contributed by atoms with Gasteiger partial charge in [0.05, 0.1) is 0 Å². The fourth-order valence-corrected chi connectivity index (χ4v) is 2.91. The van der Waals surface area contributed by atoms with E-state index in [1.54, 1.807) is 0 Å². The number of amides is 1. The number of ether oxygens (including phenoxy) is 1. The first-order chi connectivity index (χ1) is 7.83. The van der Waals surface area contributed by atoms with Crippen LogP contribution in [0.2, 0.25) is 0 Å². The Labute approximate surface area is 102 Å². The van der Waals surface area contributed by atoms with Crippen molar-refractivity contribution in [2.24, 2.45) is 11.8 Å². The number of ketones is 1. The molecule has 4 nitrogen and oxygen atoms in total. The van der Waals surface area contributed by atoms with Gasteiger partial charge < -0.3 is 10.1 Å². The lowest BCUT2D eigenvalue weighted by Gasteiger charge is -2.22. The van der Waals surface area contributed by atoms with Crippen molar-refractivity contribution in [2.75, 3.05) is 0 Å². The number of carbonyl (C=O) groups is 2. The summed E-state index contributed by atoms with van der Waals surface area (Å²) < 4.78 is 5.40. The molecular formula is C13H21NO3. The number of carbonyl (C=O) groups excluding carboxylic acids is 2. The minimum absolute atomic E-state index is 0.000417. The van der Waals surface area contributed by atoms with Crippen molar-refractivity contribution in [1.29, 1.82) is 0 Å². The molecule has 96 valence electrons. The molecule has 0 saturated heterocycles. The Bertz CT molecular complexity index is 316. The molecule has 0 radical (unpaired) electrons. The lowest BCUT2D eigenvalue weighted by atomic mass is 10.0. The zero-order chi connectivity index (χ0) is 12.6. The zero-order valence-corrected chi connectivity index (χ0v) is 10.8. The Kier molecular flexibility index (Phi) is 3.15. The fourth-order valence-electron chi connectivity index (χ4n) is 2.91. The number of Topliss-reactive ketones (excluding diaryl/α,β-unsaturated/α-hetero) is 1. The zero-order valence-electron chi connectivity index (χ0n) is 10.8. The standard InChI is InChI=1S/C13H21NO3/c1-13(2,3)14-12(16)17-11-6-8-4-10(15)5-9(8)7-11/h8-9,11H,4-7H2,1-3H3,(H,14,16)/t8-,9+,11?. The highest BCUT2D eigenvalue weighted by molar-refractivity contribution is 5.81. The van der Waals surface area contributed by atoms with E-state index in [1.165, 1.54) is 0 Å². The van der Waals surface area contributed by atoms with Gasteiger partial charge >= 0.3 is 6.09 Å². The van der Waals surface area contributed by atoms with Gasteiger partial charge in [-0.25, -0.2) is 4.79 Å². The lowest BCUT2D eigenvalue weighted by molar-refractivity contribution is -0.118. The van der Waals surface area contributed by atoms with E-state index in [2.05, 4.69) is 5.32 Å². The Hall–Kier alpha value is -1.06. The third-order valence-electron chi connectivity index (χ3n) is 3.53. The van der Waals surface area contributed by atoms with E-state index >= 15 is 0 Å². The first kappa shape index (κ1) is 12.4. The van der Waals surface area contributed by atoms with Crippen molar-refractivity contribution in [2.45, 2.75) is 58.1 Å². The number of hydrogen-bond acceptors (Lipinski definition) is 3. The molecule has 0 bridgehead atoms. The summed E-state index contributed by atoms with van der Waals surface area (Å²) in [5, 5.41) is 2.79. The smallest absolute Gasteiger partial charge is 0.407 e. The van der Waals surface area contributed by atoms with Crippen LogP contribution in [0.25, 0.3) is 0 Å². The molecule has 0 aromatic heterocycles. The molecule has 1 unspecified atom stereocenters. The predicted molar refractivity (Wildman–Crippen MR) is 63.6 cm³/mol. The van der Waals surface area contributed by atoms with Crippen LogP contribution in [0.15, 0.2) is 0 Å². The molecule has 0 spiro atoms. The monoisotopic (exact) mass is 239 g/mol. The third kappa shape index (κ3) is 3.20. The van der Waals surface area contributed by atoms with E-state index in [0.717, 1.165) is 12.8 Å². The first-order valence-corrected chi connectivity index (χ1v) is 6.34. The molecule has 0 aromatic rings. The van der Waals surface area contributed by atoms with Gasteiger partial charge in [-0.1, -0.05) is 0 Å². The molecule has 2 aliphatic carbocycles. The van der Waals surface area contributed by atoms with E-state index in [1.807, 2.05) is 20.8 Å². The van der Waals surface area contributed by atoms with Gasteiger partial charge in [0.25, 0.3) is 0 Å². The largest absolute Gasteiger partial charge is 0.446 e. The van der Waals surface area contributed by atoms with Crippen molar-refractivity contribution in [3.8, 4) is 0 Å². The Morgan fingerprint density at radius 2 is 1.76 bits per heavy atom. The highest BCUT2D eigenvalue weighted by atomic mass is 16.6. The van der Waals surface area contributed by atoms with Gasteiger partial charge in [-0.15, -0.1) is 0 Å². The predicted octanol–water partition coefficient (Wildman–Crippen LogP) is 2.27. The summed E-state index contributed by atoms with van der Waals surface area (Å²) in [6.07, 6.45) is 2.74. The maximum Gasteiger partial charge on any atom is 0.407 e. The van der Waals surface area contributed by atoms with Crippen LogP contribution < -0.4 is 5.32 Å². The van der Waals surface area contributed by atoms with Gasteiger partial charge in [0.1, 0.15) is 11.9 Å². The van der Waals surface area contributed by atoms with Crippen molar-refractivity contribution < 1.29 is 14.3 Å². The van der Waals surface area contributed by atoms with Gasteiger partial charge in [0.2, 0.25) is 0 Å². The van der Waals surface area contributed by atoms with Crippen molar-refractivity contribution in [3.05, 3.63) is 0 Å². The van der Waals surface area contributed by atoms with Crippen LogP contribution in [0.5, 0.6) is 0 Å². The summed E-state index contributed by atoms with van der Waals surface area (Å²) in [6, 6.07) is 0. The van der Waals surface area contributed by atoms with Gasteiger partial charge in [-0.3, -0.25) is 4.79 Å². The molecule has 2 fully saturated rings. The van der Waals surface area contributed by atoms with Crippen LogP contribution in [0.3, 0.4) is 0 Å². The summed E-state index contributed by atoms with van der Waals surface area (Å²) in [5.74, 6) is 1.28. The molecular weight excluding hydrogens is 218 g/mol. The molecule has 0 aliphatic heterocycles. The molecule has 17 heavy (non-hydrogen) atoms. The second-order valence-electron chi connectivity index (χ2n) is 6.34. The normalized spacial score (nSPS) is 32.4. The molecule has 2 rings (SSSR count). The van der Waals surface area contributed by atoms with Gasteiger partial charge in [-0.2, -0.15) is 0 Å². The maximum atomic E-state index is 11.6. The molecule has 2 saturated carbocycles. The van der Waals surface area contributed by atoms with Gasteiger partial charge in [0, 0.05) is 18.4 Å². The third-order valence-corrected chi connectivity index (χ3v) is 3.53. The highest BCUT2D eigenvalue weighted by Crippen LogP contribution is 2.43. The van der Waals surface area contributed by atoms with E-state index in [9.17, 15) is 9.59 Å². The van der Waals surface area contributed by atoms with Crippen LogP contribution in [-0.2, 0) is 9.53 Å². The van der Waals surface area contributed by atoms with Gasteiger partial charge in [0.15, 0.2) is 0 Å². The average molecular weight is 239 g/mol. The Balaban J connectivity index is 1.79.